The van der Waals surface area contributed by atoms with Crippen LogP contribution < -0.4 is 0 Å². The number of hydrogen-bond acceptors (Lipinski definition) is 6. The summed E-state index contributed by atoms with van der Waals surface area (Å²) in [5, 5.41) is 20.7. The van der Waals surface area contributed by atoms with Crippen molar-refractivity contribution in [2.75, 3.05) is 6.54 Å². The van der Waals surface area contributed by atoms with Crippen LogP contribution in [0.5, 0.6) is 0 Å². The zero-order valence-corrected chi connectivity index (χ0v) is 16.7. The van der Waals surface area contributed by atoms with Crippen molar-refractivity contribution in [2.45, 2.75) is 6.92 Å². The van der Waals surface area contributed by atoms with E-state index in [9.17, 15) is 19.7 Å². The number of allylic oxidation sites excluding steroid dienone is 2. The number of carbonyl (C=O) groups excluding carboxylic acids is 1. The number of amides is 1. The molecule has 30 heavy (non-hydrogen) atoms. The number of thioether (sulfide) groups is 1. The molecule has 1 fully saturated rings. The summed E-state index contributed by atoms with van der Waals surface area (Å²) in [4.78, 5) is 40.8. The van der Waals surface area contributed by atoms with Gasteiger partial charge >= 0.3 is 5.97 Å². The Kier molecular flexibility index (Phi) is 6.43. The van der Waals surface area contributed by atoms with Crippen LogP contribution in [-0.4, -0.2) is 38.5 Å². The molecule has 3 rings (SSSR count). The summed E-state index contributed by atoms with van der Waals surface area (Å²) in [6.45, 7) is 2.21. The van der Waals surface area contributed by atoms with Crippen molar-refractivity contribution < 1.29 is 19.6 Å². The number of hydrogen-bond donors (Lipinski definition) is 1. The quantitative estimate of drug-likeness (QED) is 0.417. The van der Waals surface area contributed by atoms with E-state index in [-0.39, 0.29) is 17.2 Å². The summed E-state index contributed by atoms with van der Waals surface area (Å²) in [7, 11) is 0. The minimum Gasteiger partial charge on any atom is -0.478 e. The molecular weight excluding hydrogens is 406 g/mol. The van der Waals surface area contributed by atoms with E-state index in [1.54, 1.807) is 48.6 Å². The largest absolute Gasteiger partial charge is 0.478 e. The first kappa shape index (κ1) is 21.0. The molecule has 0 aliphatic carbocycles. The lowest BCUT2D eigenvalue weighted by atomic mass is 10.1. The molecular formula is C21H17N3O5S. The summed E-state index contributed by atoms with van der Waals surface area (Å²) in [5.74, 6) is -1.29. The Labute approximate surface area is 176 Å². The van der Waals surface area contributed by atoms with Gasteiger partial charge in [-0.2, -0.15) is 0 Å². The molecule has 0 spiro atoms. The Morgan fingerprint density at radius 1 is 1.27 bits per heavy atom. The van der Waals surface area contributed by atoms with E-state index in [0.717, 1.165) is 11.8 Å². The normalized spacial score (nSPS) is 16.7. The van der Waals surface area contributed by atoms with Crippen molar-refractivity contribution in [3.8, 4) is 0 Å². The monoisotopic (exact) mass is 423 g/mol. The van der Waals surface area contributed by atoms with Crippen molar-refractivity contribution in [1.82, 2.24) is 4.90 Å². The van der Waals surface area contributed by atoms with Crippen LogP contribution in [0.1, 0.15) is 22.8 Å². The minimum absolute atomic E-state index is 0.0201. The third-order valence-corrected chi connectivity index (χ3v) is 5.20. The first-order chi connectivity index (χ1) is 14.4. The number of nitro groups is 1. The number of aromatic carboxylic acids is 1. The van der Waals surface area contributed by atoms with Crippen molar-refractivity contribution in [3.63, 3.8) is 0 Å². The number of para-hydroxylation sites is 1. The molecule has 9 heteroatoms. The van der Waals surface area contributed by atoms with Crippen LogP contribution in [0.15, 0.2) is 70.6 Å². The van der Waals surface area contributed by atoms with Crippen molar-refractivity contribution in [1.29, 1.82) is 0 Å². The van der Waals surface area contributed by atoms with Crippen LogP contribution in [-0.2, 0) is 4.79 Å². The molecule has 1 N–H and O–H groups in total. The van der Waals surface area contributed by atoms with Gasteiger partial charge in [0.15, 0.2) is 5.17 Å². The zero-order valence-electron chi connectivity index (χ0n) is 15.9. The topological polar surface area (TPSA) is 113 Å². The maximum absolute atomic E-state index is 12.6. The lowest BCUT2D eigenvalue weighted by Crippen LogP contribution is -2.28. The summed E-state index contributed by atoms with van der Waals surface area (Å²) >= 11 is 1.16. The average molecular weight is 423 g/mol. The fourth-order valence-corrected chi connectivity index (χ4v) is 3.75. The summed E-state index contributed by atoms with van der Waals surface area (Å²) < 4.78 is 0. The Morgan fingerprint density at radius 2 is 2.03 bits per heavy atom. The molecule has 0 aromatic heterocycles. The second kappa shape index (κ2) is 9.19. The standard InChI is InChI=1S/C21H17N3O5S/c1-2-23-19(25)18(12-6-8-14-7-3-4-11-17(14)24(28)29)30-21(23)22-16-10-5-9-15(13-16)20(26)27/h3-13H,2H2,1H3,(H,26,27)/b8-6+,18-12-,22-21?. The smallest absolute Gasteiger partial charge is 0.335 e. The van der Waals surface area contributed by atoms with Gasteiger partial charge in [-0.1, -0.05) is 24.3 Å². The number of carbonyl (C=O) groups is 2. The highest BCUT2D eigenvalue weighted by molar-refractivity contribution is 8.18. The van der Waals surface area contributed by atoms with E-state index in [1.807, 2.05) is 6.92 Å². The maximum Gasteiger partial charge on any atom is 0.335 e. The van der Waals surface area contributed by atoms with Crippen LogP contribution in [0.4, 0.5) is 11.4 Å². The molecule has 1 amide bonds. The molecule has 1 saturated heterocycles. The van der Waals surface area contributed by atoms with Crippen LogP contribution >= 0.6 is 11.8 Å². The van der Waals surface area contributed by atoms with Crippen LogP contribution in [0, 0.1) is 10.1 Å². The van der Waals surface area contributed by atoms with Gasteiger partial charge in [0, 0.05) is 12.6 Å². The summed E-state index contributed by atoms with van der Waals surface area (Å²) in [6.07, 6.45) is 4.74. The molecule has 152 valence electrons. The lowest BCUT2D eigenvalue weighted by Gasteiger charge is -2.12. The van der Waals surface area contributed by atoms with E-state index in [0.29, 0.717) is 27.9 Å². The van der Waals surface area contributed by atoms with Gasteiger partial charge < -0.3 is 5.11 Å². The molecule has 2 aromatic rings. The molecule has 1 aliphatic heterocycles. The Bertz CT molecular complexity index is 1110. The first-order valence-corrected chi connectivity index (χ1v) is 9.76. The highest BCUT2D eigenvalue weighted by atomic mass is 32.2. The summed E-state index contributed by atoms with van der Waals surface area (Å²) in [5.41, 5.74) is 0.951. The van der Waals surface area contributed by atoms with Crippen LogP contribution in [0.25, 0.3) is 6.08 Å². The first-order valence-electron chi connectivity index (χ1n) is 8.94. The van der Waals surface area contributed by atoms with E-state index in [2.05, 4.69) is 4.99 Å². The predicted molar refractivity (Wildman–Crippen MR) is 116 cm³/mol. The van der Waals surface area contributed by atoms with Crippen molar-refractivity contribution in [3.05, 3.63) is 86.8 Å². The van der Waals surface area contributed by atoms with Crippen molar-refractivity contribution in [2.24, 2.45) is 4.99 Å². The zero-order chi connectivity index (χ0) is 21.7. The molecule has 1 aliphatic rings. The van der Waals surface area contributed by atoms with Gasteiger partial charge in [-0.05, 0) is 55.1 Å². The predicted octanol–water partition coefficient (Wildman–Crippen LogP) is 4.47. The number of nitrogens with zero attached hydrogens (tertiary/aromatic N) is 3. The molecule has 2 aromatic carbocycles. The van der Waals surface area contributed by atoms with Gasteiger partial charge in [0.1, 0.15) is 0 Å². The number of benzene rings is 2. The van der Waals surface area contributed by atoms with Gasteiger partial charge in [0.2, 0.25) is 0 Å². The molecule has 0 saturated carbocycles. The van der Waals surface area contributed by atoms with Crippen molar-refractivity contribution >= 4 is 46.3 Å². The molecule has 0 bridgehead atoms. The third-order valence-electron chi connectivity index (χ3n) is 4.18. The molecule has 1 heterocycles. The number of aliphatic imine (C=N–C) groups is 1. The molecule has 0 unspecified atom stereocenters. The molecule has 8 nitrogen and oxygen atoms in total. The van der Waals surface area contributed by atoms with Gasteiger partial charge in [0.05, 0.1) is 26.6 Å². The van der Waals surface area contributed by atoms with E-state index >= 15 is 0 Å². The van der Waals surface area contributed by atoms with Crippen LogP contribution in [0.3, 0.4) is 0 Å². The Hall–Kier alpha value is -3.72. The number of carboxylic acids is 1. The van der Waals surface area contributed by atoms with Gasteiger partial charge in [-0.25, -0.2) is 9.79 Å². The van der Waals surface area contributed by atoms with Gasteiger partial charge in [-0.15, -0.1) is 0 Å². The SMILES string of the molecule is CCN1C(=O)/C(=C/C=C/c2ccccc2[N+](=O)[O-])SC1=Nc1cccc(C(=O)O)c1. The fraction of sp³-hybridized carbons (Fsp3) is 0.0952. The lowest BCUT2D eigenvalue weighted by molar-refractivity contribution is -0.385. The molecule has 0 radical (unpaired) electrons. The van der Waals surface area contributed by atoms with Gasteiger partial charge in [0.25, 0.3) is 11.6 Å². The van der Waals surface area contributed by atoms with E-state index < -0.39 is 10.9 Å². The average Bonchev–Trinajstić information content (AvgIpc) is 3.02. The number of nitro benzene ring substituents is 1. The second-order valence-electron chi connectivity index (χ2n) is 6.11. The summed E-state index contributed by atoms with van der Waals surface area (Å²) in [6, 6.07) is 12.5. The molecule has 0 atom stereocenters. The number of amidine groups is 1. The third kappa shape index (κ3) is 4.64. The Balaban J connectivity index is 1.86. The Morgan fingerprint density at radius 3 is 2.73 bits per heavy atom. The number of likely N-dealkylation sites (N-methyl/N-ethyl adjacent to an activating group) is 1. The highest BCUT2D eigenvalue weighted by Crippen LogP contribution is 2.33. The number of carboxylic acid groups (broad SMARTS) is 1. The fourth-order valence-electron chi connectivity index (χ4n) is 2.74. The van der Waals surface area contributed by atoms with Crippen LogP contribution in [0.2, 0.25) is 0 Å². The minimum atomic E-state index is -1.06. The van der Waals surface area contributed by atoms with E-state index in [1.165, 1.54) is 23.1 Å². The highest BCUT2D eigenvalue weighted by Gasteiger charge is 2.31. The maximum atomic E-state index is 12.6. The number of rotatable bonds is 6. The van der Waals surface area contributed by atoms with Gasteiger partial charge in [-0.3, -0.25) is 19.8 Å². The second-order valence-corrected chi connectivity index (χ2v) is 7.12. The van der Waals surface area contributed by atoms with E-state index in [4.69, 9.17) is 5.11 Å².